The fourth-order valence-electron chi connectivity index (χ4n) is 1.24. The molecule has 0 heterocycles. The van der Waals surface area contributed by atoms with Crippen molar-refractivity contribution in [1.29, 1.82) is 0 Å². The lowest BCUT2D eigenvalue weighted by atomic mass is 10.2. The Hall–Kier alpha value is -1.18. The lowest BCUT2D eigenvalue weighted by Crippen LogP contribution is -1.97. The van der Waals surface area contributed by atoms with E-state index in [0.29, 0.717) is 18.1 Å². The normalized spacial score (nSPS) is 12.5. The molecule has 15 heavy (non-hydrogen) atoms. The van der Waals surface area contributed by atoms with Crippen LogP contribution in [0.15, 0.2) is 35.8 Å². The van der Waals surface area contributed by atoms with Crippen LogP contribution in [0.1, 0.15) is 33.6 Å². The SMILES string of the molecule is C=C(OC/C=C(\C)CCC)/C(=C\C)OC. The zero-order chi connectivity index (χ0) is 11.7. The van der Waals surface area contributed by atoms with E-state index in [-0.39, 0.29) is 0 Å². The molecule has 0 aromatic heterocycles. The number of methoxy groups -OCH3 is 1. The second-order valence-electron chi connectivity index (χ2n) is 3.39. The molecule has 0 saturated heterocycles. The molecule has 86 valence electrons. The lowest BCUT2D eigenvalue weighted by Gasteiger charge is -2.09. The lowest BCUT2D eigenvalue weighted by molar-refractivity contribution is 0.198. The first-order chi connectivity index (χ1) is 7.15. The topological polar surface area (TPSA) is 18.5 Å². The van der Waals surface area contributed by atoms with E-state index in [1.807, 2.05) is 13.0 Å². The Morgan fingerprint density at radius 1 is 1.40 bits per heavy atom. The molecule has 0 fully saturated rings. The molecule has 0 aliphatic carbocycles. The van der Waals surface area contributed by atoms with E-state index in [0.717, 1.165) is 6.42 Å². The van der Waals surface area contributed by atoms with Crippen LogP contribution in [-0.2, 0) is 9.47 Å². The summed E-state index contributed by atoms with van der Waals surface area (Å²) < 4.78 is 10.5. The molecule has 2 heteroatoms. The molecule has 0 spiro atoms. The first-order valence-corrected chi connectivity index (χ1v) is 5.33. The van der Waals surface area contributed by atoms with Crippen LogP contribution in [0.3, 0.4) is 0 Å². The van der Waals surface area contributed by atoms with Crippen LogP contribution >= 0.6 is 0 Å². The van der Waals surface area contributed by atoms with Gasteiger partial charge in [-0.1, -0.05) is 25.5 Å². The van der Waals surface area contributed by atoms with Gasteiger partial charge in [-0.05, 0) is 32.4 Å². The predicted octanol–water partition coefficient (Wildman–Crippen LogP) is 3.81. The van der Waals surface area contributed by atoms with E-state index in [9.17, 15) is 0 Å². The number of ether oxygens (including phenoxy) is 2. The van der Waals surface area contributed by atoms with Gasteiger partial charge in [-0.25, -0.2) is 0 Å². The van der Waals surface area contributed by atoms with E-state index in [2.05, 4.69) is 26.5 Å². The van der Waals surface area contributed by atoms with Gasteiger partial charge in [0.2, 0.25) is 0 Å². The first kappa shape index (κ1) is 13.8. The van der Waals surface area contributed by atoms with Crippen molar-refractivity contribution in [2.75, 3.05) is 13.7 Å². The summed E-state index contributed by atoms with van der Waals surface area (Å²) in [6.07, 6.45) is 6.21. The summed E-state index contributed by atoms with van der Waals surface area (Å²) in [4.78, 5) is 0. The number of hydrogen-bond acceptors (Lipinski definition) is 2. The third-order valence-electron chi connectivity index (χ3n) is 2.09. The van der Waals surface area contributed by atoms with E-state index in [4.69, 9.17) is 9.47 Å². The molecule has 0 amide bonds. The fourth-order valence-corrected chi connectivity index (χ4v) is 1.24. The summed E-state index contributed by atoms with van der Waals surface area (Å²) in [5.74, 6) is 1.28. The summed E-state index contributed by atoms with van der Waals surface area (Å²) in [5, 5.41) is 0. The largest absolute Gasteiger partial charge is 0.493 e. The molecule has 0 aliphatic rings. The highest BCUT2D eigenvalue weighted by atomic mass is 16.5. The summed E-state index contributed by atoms with van der Waals surface area (Å²) in [7, 11) is 1.61. The molecule has 0 saturated carbocycles. The molecule has 0 aromatic rings. The quantitative estimate of drug-likeness (QED) is 0.361. The average molecular weight is 210 g/mol. The van der Waals surface area contributed by atoms with Gasteiger partial charge in [-0.15, -0.1) is 0 Å². The smallest absolute Gasteiger partial charge is 0.155 e. The summed E-state index contributed by atoms with van der Waals surface area (Å²) in [6, 6.07) is 0. The van der Waals surface area contributed by atoms with Crippen LogP contribution in [0.4, 0.5) is 0 Å². The summed E-state index contributed by atoms with van der Waals surface area (Å²) >= 11 is 0. The predicted molar refractivity (Wildman–Crippen MR) is 64.5 cm³/mol. The first-order valence-electron chi connectivity index (χ1n) is 5.33. The fraction of sp³-hybridized carbons (Fsp3) is 0.538. The number of rotatable bonds is 7. The average Bonchev–Trinajstić information content (AvgIpc) is 2.20. The van der Waals surface area contributed by atoms with Crippen molar-refractivity contribution < 1.29 is 9.47 Å². The van der Waals surface area contributed by atoms with Gasteiger partial charge in [0, 0.05) is 0 Å². The molecule has 0 atom stereocenters. The third-order valence-corrected chi connectivity index (χ3v) is 2.09. The highest BCUT2D eigenvalue weighted by Crippen LogP contribution is 2.10. The van der Waals surface area contributed by atoms with Gasteiger partial charge in [-0.3, -0.25) is 0 Å². The molecule has 0 radical (unpaired) electrons. The molecular formula is C13H22O2. The Bertz CT molecular complexity index is 249. The zero-order valence-corrected chi connectivity index (χ0v) is 10.3. The minimum atomic E-state index is 0.561. The molecular weight excluding hydrogens is 188 g/mol. The van der Waals surface area contributed by atoms with Crippen LogP contribution < -0.4 is 0 Å². The zero-order valence-electron chi connectivity index (χ0n) is 10.3. The minimum Gasteiger partial charge on any atom is -0.493 e. The van der Waals surface area contributed by atoms with Crippen molar-refractivity contribution >= 4 is 0 Å². The second-order valence-corrected chi connectivity index (χ2v) is 3.39. The molecule has 0 N–H and O–H groups in total. The highest BCUT2D eigenvalue weighted by molar-refractivity contribution is 5.16. The van der Waals surface area contributed by atoms with Crippen LogP contribution in [0, 0.1) is 0 Å². The van der Waals surface area contributed by atoms with Gasteiger partial charge in [-0.2, -0.15) is 0 Å². The van der Waals surface area contributed by atoms with Crippen molar-refractivity contribution in [3.05, 3.63) is 35.8 Å². The van der Waals surface area contributed by atoms with Gasteiger partial charge < -0.3 is 9.47 Å². The van der Waals surface area contributed by atoms with Gasteiger partial charge in [0.25, 0.3) is 0 Å². The third kappa shape index (κ3) is 6.00. The molecule has 0 rings (SSSR count). The van der Waals surface area contributed by atoms with Crippen molar-refractivity contribution in [3.63, 3.8) is 0 Å². The van der Waals surface area contributed by atoms with Crippen LogP contribution in [-0.4, -0.2) is 13.7 Å². The van der Waals surface area contributed by atoms with Gasteiger partial charge in [0.1, 0.15) is 6.61 Å². The van der Waals surface area contributed by atoms with Crippen molar-refractivity contribution in [2.24, 2.45) is 0 Å². The maximum atomic E-state index is 5.44. The van der Waals surface area contributed by atoms with Gasteiger partial charge in [0.15, 0.2) is 11.5 Å². The second kappa shape index (κ2) is 8.16. The maximum absolute atomic E-state index is 5.44. The summed E-state index contributed by atoms with van der Waals surface area (Å²) in [6.45, 7) is 10.5. The van der Waals surface area contributed by atoms with Crippen LogP contribution in [0.5, 0.6) is 0 Å². The van der Waals surface area contributed by atoms with Crippen molar-refractivity contribution in [1.82, 2.24) is 0 Å². The molecule has 0 unspecified atom stereocenters. The number of hydrogen-bond donors (Lipinski definition) is 0. The Balaban J connectivity index is 3.96. The minimum absolute atomic E-state index is 0.561. The van der Waals surface area contributed by atoms with Crippen LogP contribution in [0.25, 0.3) is 0 Å². The van der Waals surface area contributed by atoms with Gasteiger partial charge in [0.05, 0.1) is 7.11 Å². The molecule has 0 aliphatic heterocycles. The molecule has 0 bridgehead atoms. The van der Waals surface area contributed by atoms with Crippen LogP contribution in [0.2, 0.25) is 0 Å². The Kier molecular flexibility index (Phi) is 7.51. The number of allylic oxidation sites excluding steroid dienone is 2. The Morgan fingerprint density at radius 2 is 2.07 bits per heavy atom. The summed E-state index contributed by atoms with van der Waals surface area (Å²) in [5.41, 5.74) is 1.35. The highest BCUT2D eigenvalue weighted by Gasteiger charge is 2.00. The van der Waals surface area contributed by atoms with Crippen molar-refractivity contribution in [2.45, 2.75) is 33.6 Å². The maximum Gasteiger partial charge on any atom is 0.155 e. The Labute approximate surface area is 93.3 Å². The standard InChI is InChI=1S/C13H22O2/c1-6-8-11(3)9-10-15-12(4)13(7-2)14-5/h7,9H,4,6,8,10H2,1-3,5H3/b11-9+,13-7+. The van der Waals surface area contributed by atoms with E-state index in [1.165, 1.54) is 12.0 Å². The van der Waals surface area contributed by atoms with E-state index in [1.54, 1.807) is 7.11 Å². The molecule has 0 aromatic carbocycles. The van der Waals surface area contributed by atoms with E-state index >= 15 is 0 Å². The molecule has 2 nitrogen and oxygen atoms in total. The van der Waals surface area contributed by atoms with Gasteiger partial charge >= 0.3 is 0 Å². The van der Waals surface area contributed by atoms with E-state index < -0.39 is 0 Å². The monoisotopic (exact) mass is 210 g/mol. The van der Waals surface area contributed by atoms with Crippen molar-refractivity contribution in [3.8, 4) is 0 Å². The Morgan fingerprint density at radius 3 is 2.53 bits per heavy atom.